The van der Waals surface area contributed by atoms with Crippen LogP contribution in [0.3, 0.4) is 0 Å². The van der Waals surface area contributed by atoms with Crippen LogP contribution in [-0.4, -0.2) is 35.8 Å². The van der Waals surface area contributed by atoms with Crippen LogP contribution in [0, 0.1) is 0 Å². The highest BCUT2D eigenvalue weighted by molar-refractivity contribution is 5.86. The van der Waals surface area contributed by atoms with Gasteiger partial charge in [0.15, 0.2) is 5.82 Å². The first kappa shape index (κ1) is 8.57. The summed E-state index contributed by atoms with van der Waals surface area (Å²) in [6.07, 6.45) is 2.48. The van der Waals surface area contributed by atoms with Crippen LogP contribution in [-0.2, 0) is 6.61 Å². The normalized spacial score (nSPS) is 10.6. The van der Waals surface area contributed by atoms with Crippen molar-refractivity contribution < 1.29 is 15.0 Å². The molecule has 72 valence electrons. The quantitative estimate of drug-likeness (QED) is 0.656. The minimum Gasteiger partial charge on any atom is -0.478 e. The number of aliphatic hydroxyl groups excluding tert-OH is 1. The Balaban J connectivity index is 2.59. The van der Waals surface area contributed by atoms with Crippen molar-refractivity contribution in [1.82, 2.24) is 19.6 Å². The van der Waals surface area contributed by atoms with Crippen LogP contribution in [0.2, 0.25) is 0 Å². The summed E-state index contributed by atoms with van der Waals surface area (Å²) in [5, 5.41) is 21.2. The number of aromatic carboxylic acids is 1. The maximum Gasteiger partial charge on any atom is 0.338 e. The van der Waals surface area contributed by atoms with Crippen molar-refractivity contribution in [3.63, 3.8) is 0 Å². The fourth-order valence-electron chi connectivity index (χ4n) is 1.00. The van der Waals surface area contributed by atoms with Crippen molar-refractivity contribution in [1.29, 1.82) is 0 Å². The minimum absolute atomic E-state index is 0.0203. The highest BCUT2D eigenvalue weighted by atomic mass is 16.4. The van der Waals surface area contributed by atoms with Crippen LogP contribution in [0.5, 0.6) is 0 Å². The first-order chi connectivity index (χ1) is 6.70. The van der Waals surface area contributed by atoms with Gasteiger partial charge in [-0.1, -0.05) is 0 Å². The van der Waals surface area contributed by atoms with Gasteiger partial charge in [0.2, 0.25) is 0 Å². The van der Waals surface area contributed by atoms with E-state index in [9.17, 15) is 4.79 Å². The number of carbonyl (C=O) groups is 1. The molecule has 0 fully saturated rings. The molecule has 14 heavy (non-hydrogen) atoms. The van der Waals surface area contributed by atoms with Gasteiger partial charge < -0.3 is 10.2 Å². The number of carboxylic acid groups (broad SMARTS) is 1. The maximum absolute atomic E-state index is 10.6. The van der Waals surface area contributed by atoms with Gasteiger partial charge in [0.1, 0.15) is 6.61 Å². The Morgan fingerprint density at radius 2 is 2.36 bits per heavy atom. The Morgan fingerprint density at radius 1 is 1.57 bits per heavy atom. The van der Waals surface area contributed by atoms with E-state index < -0.39 is 5.97 Å². The second-order valence-electron chi connectivity index (χ2n) is 2.58. The van der Waals surface area contributed by atoms with E-state index in [1.807, 2.05) is 0 Å². The Kier molecular flexibility index (Phi) is 1.86. The number of hydrogen-bond acceptors (Lipinski definition) is 5. The van der Waals surface area contributed by atoms with Gasteiger partial charge in [-0.3, -0.25) is 0 Å². The Morgan fingerprint density at radius 3 is 3.00 bits per heavy atom. The number of aromatic nitrogens is 4. The van der Waals surface area contributed by atoms with Gasteiger partial charge in [0.25, 0.3) is 5.78 Å². The summed E-state index contributed by atoms with van der Waals surface area (Å²) in [6.45, 7) is -0.300. The molecule has 7 heteroatoms. The molecule has 2 aromatic rings. The standard InChI is InChI=1S/C7H6N4O3/c12-3-5-9-7-8-1-4(6(13)14)2-11(7)10-5/h1-2,12H,3H2,(H,13,14). The highest BCUT2D eigenvalue weighted by Gasteiger charge is 2.07. The SMILES string of the molecule is O=C(O)c1cnc2nc(CO)nn2c1. The van der Waals surface area contributed by atoms with Gasteiger partial charge in [-0.25, -0.2) is 14.3 Å². The highest BCUT2D eigenvalue weighted by Crippen LogP contribution is 2.01. The molecule has 2 heterocycles. The fraction of sp³-hybridized carbons (Fsp3) is 0.143. The predicted octanol–water partition coefficient (Wildman–Crippen LogP) is -0.685. The summed E-state index contributed by atoms with van der Waals surface area (Å²) in [6, 6.07) is 0. The topological polar surface area (TPSA) is 101 Å². The molecule has 0 unspecified atom stereocenters. The van der Waals surface area contributed by atoms with E-state index in [0.717, 1.165) is 0 Å². The molecular weight excluding hydrogens is 188 g/mol. The second kappa shape index (κ2) is 3.04. The van der Waals surface area contributed by atoms with Crippen molar-refractivity contribution in [3.05, 3.63) is 23.8 Å². The number of hydrogen-bond donors (Lipinski definition) is 2. The summed E-state index contributed by atoms with van der Waals surface area (Å²) in [7, 11) is 0. The van der Waals surface area contributed by atoms with Crippen LogP contribution in [0.15, 0.2) is 12.4 Å². The molecule has 0 aliphatic carbocycles. The van der Waals surface area contributed by atoms with Crippen molar-refractivity contribution >= 4 is 11.7 Å². The Hall–Kier alpha value is -2.02. The molecule has 0 aliphatic rings. The molecule has 2 rings (SSSR count). The van der Waals surface area contributed by atoms with Gasteiger partial charge in [-0.05, 0) is 0 Å². The summed E-state index contributed by atoms with van der Waals surface area (Å²) >= 11 is 0. The summed E-state index contributed by atoms with van der Waals surface area (Å²) in [5.74, 6) is -0.612. The molecule has 2 N–H and O–H groups in total. The molecule has 0 saturated heterocycles. The summed E-state index contributed by atoms with van der Waals surface area (Å²) < 4.78 is 1.22. The van der Waals surface area contributed by atoms with E-state index in [1.165, 1.54) is 16.9 Å². The van der Waals surface area contributed by atoms with E-state index in [4.69, 9.17) is 10.2 Å². The molecule has 2 aromatic heterocycles. The molecule has 7 nitrogen and oxygen atoms in total. The van der Waals surface area contributed by atoms with E-state index in [2.05, 4.69) is 15.1 Å². The minimum atomic E-state index is -1.08. The summed E-state index contributed by atoms with van der Waals surface area (Å²) in [5.41, 5.74) is 0.0203. The number of aliphatic hydroxyl groups is 1. The molecule has 0 aliphatic heterocycles. The van der Waals surface area contributed by atoms with Crippen LogP contribution in [0.1, 0.15) is 16.2 Å². The Labute approximate surface area is 77.7 Å². The van der Waals surface area contributed by atoms with Gasteiger partial charge in [0, 0.05) is 12.4 Å². The number of carboxylic acids is 1. The van der Waals surface area contributed by atoms with Crippen LogP contribution in [0.25, 0.3) is 5.78 Å². The molecule has 0 amide bonds. The third-order valence-corrected chi connectivity index (χ3v) is 1.63. The molecule has 0 saturated carbocycles. The van der Waals surface area contributed by atoms with Gasteiger partial charge >= 0.3 is 5.97 Å². The smallest absolute Gasteiger partial charge is 0.338 e. The predicted molar refractivity (Wildman–Crippen MR) is 43.7 cm³/mol. The third kappa shape index (κ3) is 1.29. The third-order valence-electron chi connectivity index (χ3n) is 1.63. The zero-order valence-electron chi connectivity index (χ0n) is 6.95. The van der Waals surface area contributed by atoms with Crippen molar-refractivity contribution in [2.45, 2.75) is 6.61 Å². The zero-order chi connectivity index (χ0) is 10.1. The average molecular weight is 194 g/mol. The fourth-order valence-corrected chi connectivity index (χ4v) is 1.00. The zero-order valence-corrected chi connectivity index (χ0v) is 6.95. The second-order valence-corrected chi connectivity index (χ2v) is 2.58. The number of nitrogens with zero attached hydrogens (tertiary/aromatic N) is 4. The lowest BCUT2D eigenvalue weighted by Crippen LogP contribution is -2.01. The monoisotopic (exact) mass is 194 g/mol. The van der Waals surface area contributed by atoms with E-state index in [0.29, 0.717) is 0 Å². The van der Waals surface area contributed by atoms with E-state index in [1.54, 1.807) is 0 Å². The molecule has 0 atom stereocenters. The lowest BCUT2D eigenvalue weighted by molar-refractivity contribution is 0.0695. The van der Waals surface area contributed by atoms with Crippen molar-refractivity contribution in [3.8, 4) is 0 Å². The lowest BCUT2D eigenvalue weighted by Gasteiger charge is -1.92. The van der Waals surface area contributed by atoms with Crippen LogP contribution >= 0.6 is 0 Å². The van der Waals surface area contributed by atoms with Gasteiger partial charge in [-0.15, -0.1) is 5.10 Å². The van der Waals surface area contributed by atoms with Crippen LogP contribution in [0.4, 0.5) is 0 Å². The maximum atomic E-state index is 10.6. The first-order valence-electron chi connectivity index (χ1n) is 3.76. The van der Waals surface area contributed by atoms with Gasteiger partial charge in [0.05, 0.1) is 5.56 Å². The molecule has 0 radical (unpaired) electrons. The van der Waals surface area contributed by atoms with E-state index in [-0.39, 0.29) is 23.8 Å². The number of fused-ring (bicyclic) bond motifs is 1. The lowest BCUT2D eigenvalue weighted by atomic mass is 10.4. The molecule has 0 aromatic carbocycles. The largest absolute Gasteiger partial charge is 0.478 e. The Bertz CT molecular complexity index is 493. The van der Waals surface area contributed by atoms with Crippen molar-refractivity contribution in [2.24, 2.45) is 0 Å². The first-order valence-corrected chi connectivity index (χ1v) is 3.76. The molecular formula is C7H6N4O3. The van der Waals surface area contributed by atoms with Gasteiger partial charge in [-0.2, -0.15) is 4.98 Å². The number of rotatable bonds is 2. The summed E-state index contributed by atoms with van der Waals surface area (Å²) in [4.78, 5) is 18.2. The average Bonchev–Trinajstić information content (AvgIpc) is 2.58. The van der Waals surface area contributed by atoms with Crippen molar-refractivity contribution in [2.75, 3.05) is 0 Å². The molecule has 0 bridgehead atoms. The van der Waals surface area contributed by atoms with E-state index >= 15 is 0 Å². The van der Waals surface area contributed by atoms with Crippen LogP contribution < -0.4 is 0 Å². The molecule has 0 spiro atoms.